The van der Waals surface area contributed by atoms with Crippen LogP contribution in [0.2, 0.25) is 0 Å². The van der Waals surface area contributed by atoms with E-state index in [0.717, 1.165) is 25.5 Å². The molecule has 30 heavy (non-hydrogen) atoms. The summed E-state index contributed by atoms with van der Waals surface area (Å²) in [7, 11) is 1.79. The number of hydrogen-bond donors (Lipinski definition) is 2. The Morgan fingerprint density at radius 2 is 1.70 bits per heavy atom. The normalized spacial score (nSPS) is 14.4. The molecule has 2 N–H and O–H groups in total. The molecule has 1 aliphatic rings. The van der Waals surface area contributed by atoms with Crippen LogP contribution in [0.4, 0.5) is 0 Å². The fraction of sp³-hybridized carbons (Fsp3) is 0.417. The number of aliphatic imine (C=N–C) groups is 1. The second-order valence-corrected chi connectivity index (χ2v) is 8.22. The average Bonchev–Trinajstić information content (AvgIpc) is 3.14. The molecular weight excluding hydrogens is 487 g/mol. The van der Waals surface area contributed by atoms with E-state index < -0.39 is 0 Å². The van der Waals surface area contributed by atoms with Crippen molar-refractivity contribution in [3.63, 3.8) is 0 Å². The van der Waals surface area contributed by atoms with Gasteiger partial charge in [-0.1, -0.05) is 68.4 Å². The number of nitrogens with one attached hydrogen (secondary N) is 2. The van der Waals surface area contributed by atoms with Crippen LogP contribution in [0.25, 0.3) is 0 Å². The molecule has 0 bridgehead atoms. The van der Waals surface area contributed by atoms with E-state index in [0.29, 0.717) is 19.5 Å². The number of benzene rings is 2. The van der Waals surface area contributed by atoms with Crippen molar-refractivity contribution in [1.82, 2.24) is 15.5 Å². The first-order valence-electron chi connectivity index (χ1n) is 10.3. The van der Waals surface area contributed by atoms with Crippen molar-refractivity contribution in [3.05, 3.63) is 71.3 Å². The summed E-state index contributed by atoms with van der Waals surface area (Å²) >= 11 is 0. The molecule has 1 saturated heterocycles. The van der Waals surface area contributed by atoms with Crippen LogP contribution >= 0.6 is 24.0 Å². The summed E-state index contributed by atoms with van der Waals surface area (Å²) in [6.07, 6.45) is 1.64. The number of guanidine groups is 1. The minimum absolute atomic E-state index is 0. The highest BCUT2D eigenvalue weighted by Crippen LogP contribution is 2.21. The van der Waals surface area contributed by atoms with Crippen LogP contribution < -0.4 is 10.6 Å². The summed E-state index contributed by atoms with van der Waals surface area (Å²) in [5.74, 6) is 1.04. The lowest BCUT2D eigenvalue weighted by Gasteiger charge is -2.27. The van der Waals surface area contributed by atoms with Crippen LogP contribution in [0, 0.1) is 0 Å². The van der Waals surface area contributed by atoms with Gasteiger partial charge in [0.05, 0.1) is 0 Å². The maximum absolute atomic E-state index is 12.0. The zero-order valence-electron chi connectivity index (χ0n) is 18.1. The average molecular weight is 520 g/mol. The molecule has 3 rings (SSSR count). The lowest BCUT2D eigenvalue weighted by molar-refractivity contribution is -0.128. The van der Waals surface area contributed by atoms with E-state index in [-0.39, 0.29) is 35.3 Å². The van der Waals surface area contributed by atoms with E-state index in [1.165, 1.54) is 16.7 Å². The highest BCUT2D eigenvalue weighted by Gasteiger charge is 2.22. The Hall–Kier alpha value is -2.09. The van der Waals surface area contributed by atoms with Crippen molar-refractivity contribution in [1.29, 1.82) is 0 Å². The van der Waals surface area contributed by atoms with E-state index in [2.05, 4.69) is 65.9 Å². The second kappa shape index (κ2) is 11.3. The SMILES string of the molecule is CN=C(NCc1ccccc1CN1CCCC1=O)NCC(C)(C)c1ccccc1.I. The zero-order chi connectivity index (χ0) is 20.7. The minimum atomic E-state index is -0.00704. The number of likely N-dealkylation sites (tertiary alicyclic amines) is 1. The number of hydrogen-bond acceptors (Lipinski definition) is 2. The molecule has 1 heterocycles. The first-order chi connectivity index (χ1) is 14.0. The minimum Gasteiger partial charge on any atom is -0.356 e. The van der Waals surface area contributed by atoms with E-state index in [1.807, 2.05) is 23.1 Å². The first-order valence-corrected chi connectivity index (χ1v) is 10.3. The van der Waals surface area contributed by atoms with Crippen LogP contribution in [0.5, 0.6) is 0 Å². The summed E-state index contributed by atoms with van der Waals surface area (Å²) in [6.45, 7) is 7.45. The fourth-order valence-corrected chi connectivity index (χ4v) is 3.66. The highest BCUT2D eigenvalue weighted by atomic mass is 127. The fourth-order valence-electron chi connectivity index (χ4n) is 3.66. The zero-order valence-corrected chi connectivity index (χ0v) is 20.5. The second-order valence-electron chi connectivity index (χ2n) is 8.22. The molecule has 0 spiro atoms. The van der Waals surface area contributed by atoms with Crippen LogP contribution in [-0.2, 0) is 23.3 Å². The molecule has 0 aromatic heterocycles. The van der Waals surface area contributed by atoms with Crippen LogP contribution in [0.3, 0.4) is 0 Å². The van der Waals surface area contributed by atoms with Crippen LogP contribution in [-0.4, -0.2) is 36.9 Å². The third-order valence-electron chi connectivity index (χ3n) is 5.57. The van der Waals surface area contributed by atoms with E-state index >= 15 is 0 Å². The third kappa shape index (κ3) is 6.45. The molecule has 162 valence electrons. The van der Waals surface area contributed by atoms with Gasteiger partial charge in [-0.25, -0.2) is 0 Å². The molecule has 0 unspecified atom stereocenters. The molecule has 1 aliphatic heterocycles. The number of nitrogens with zero attached hydrogens (tertiary/aromatic N) is 2. The topological polar surface area (TPSA) is 56.7 Å². The van der Waals surface area contributed by atoms with Crippen LogP contribution in [0.1, 0.15) is 43.4 Å². The van der Waals surface area contributed by atoms with E-state index in [1.54, 1.807) is 7.05 Å². The number of halogens is 1. The van der Waals surface area contributed by atoms with Gasteiger partial charge in [-0.2, -0.15) is 0 Å². The van der Waals surface area contributed by atoms with Gasteiger partial charge >= 0.3 is 0 Å². The largest absolute Gasteiger partial charge is 0.356 e. The highest BCUT2D eigenvalue weighted by molar-refractivity contribution is 14.0. The Bertz CT molecular complexity index is 851. The predicted octanol–water partition coefficient (Wildman–Crippen LogP) is 4.07. The molecule has 5 nitrogen and oxygen atoms in total. The summed E-state index contributed by atoms with van der Waals surface area (Å²) < 4.78 is 0. The van der Waals surface area contributed by atoms with E-state index in [4.69, 9.17) is 0 Å². The third-order valence-corrected chi connectivity index (χ3v) is 5.57. The number of rotatable bonds is 7. The van der Waals surface area contributed by atoms with Gasteiger partial charge in [0.2, 0.25) is 5.91 Å². The first kappa shape index (κ1) is 24.2. The Labute approximate surface area is 197 Å². The quantitative estimate of drug-likeness (QED) is 0.329. The van der Waals surface area contributed by atoms with Crippen molar-refractivity contribution < 1.29 is 4.79 Å². The number of carbonyl (C=O) groups is 1. The van der Waals surface area contributed by atoms with Gasteiger partial charge in [-0.15, -0.1) is 24.0 Å². The Balaban J connectivity index is 0.00000320. The standard InChI is InChI=1S/C24H32N4O.HI/c1-24(2,21-12-5-4-6-13-21)18-27-23(25-3)26-16-19-10-7-8-11-20(19)17-28-15-9-14-22(28)29;/h4-8,10-13H,9,14-18H2,1-3H3,(H2,25,26,27);1H. The number of amides is 1. The maximum atomic E-state index is 12.0. The Kier molecular flexibility index (Phi) is 9.14. The molecule has 1 amide bonds. The maximum Gasteiger partial charge on any atom is 0.222 e. The van der Waals surface area contributed by atoms with E-state index in [9.17, 15) is 4.79 Å². The smallest absolute Gasteiger partial charge is 0.222 e. The summed E-state index contributed by atoms with van der Waals surface area (Å²) in [5.41, 5.74) is 3.67. The summed E-state index contributed by atoms with van der Waals surface area (Å²) in [5, 5.41) is 6.87. The lowest BCUT2D eigenvalue weighted by Crippen LogP contribution is -2.43. The lowest BCUT2D eigenvalue weighted by atomic mass is 9.85. The summed E-state index contributed by atoms with van der Waals surface area (Å²) in [4.78, 5) is 18.3. The van der Waals surface area contributed by atoms with Gasteiger partial charge in [0.1, 0.15) is 0 Å². The van der Waals surface area contributed by atoms with Gasteiger partial charge in [0.15, 0.2) is 5.96 Å². The van der Waals surface area contributed by atoms with Crippen molar-refractivity contribution in [2.45, 2.75) is 45.2 Å². The molecule has 2 aromatic rings. The molecule has 0 radical (unpaired) electrons. The van der Waals surface area contributed by atoms with Crippen molar-refractivity contribution in [2.75, 3.05) is 20.1 Å². The van der Waals surface area contributed by atoms with Crippen molar-refractivity contribution >= 4 is 35.8 Å². The van der Waals surface area contributed by atoms with Crippen LogP contribution in [0.15, 0.2) is 59.6 Å². The van der Waals surface area contributed by atoms with Gasteiger partial charge in [-0.3, -0.25) is 9.79 Å². The number of carbonyl (C=O) groups excluding carboxylic acids is 1. The van der Waals surface area contributed by atoms with Gasteiger partial charge in [-0.05, 0) is 23.1 Å². The molecular formula is C24H33IN4O. The Morgan fingerprint density at radius 1 is 1.03 bits per heavy atom. The molecule has 6 heteroatoms. The van der Waals surface area contributed by atoms with Crippen molar-refractivity contribution in [3.8, 4) is 0 Å². The predicted molar refractivity (Wildman–Crippen MR) is 134 cm³/mol. The van der Waals surface area contributed by atoms with Crippen molar-refractivity contribution in [2.24, 2.45) is 4.99 Å². The molecule has 2 aromatic carbocycles. The summed E-state index contributed by atoms with van der Waals surface area (Å²) in [6, 6.07) is 18.8. The molecule has 1 fully saturated rings. The monoisotopic (exact) mass is 520 g/mol. The van der Waals surface area contributed by atoms with Gasteiger partial charge in [0.25, 0.3) is 0 Å². The molecule has 0 atom stereocenters. The van der Waals surface area contributed by atoms with Gasteiger partial charge in [0, 0.05) is 45.1 Å². The van der Waals surface area contributed by atoms with Gasteiger partial charge < -0.3 is 15.5 Å². The molecule has 0 saturated carbocycles. The molecule has 0 aliphatic carbocycles. The Morgan fingerprint density at radius 3 is 2.33 bits per heavy atom.